The highest BCUT2D eigenvalue weighted by Gasteiger charge is 2.18. The van der Waals surface area contributed by atoms with Gasteiger partial charge in [0.05, 0.1) is 0 Å². The first-order chi connectivity index (χ1) is 6.18. The van der Waals surface area contributed by atoms with Crippen LogP contribution in [0.25, 0.3) is 0 Å². The van der Waals surface area contributed by atoms with E-state index in [0.717, 1.165) is 6.42 Å². The van der Waals surface area contributed by atoms with Gasteiger partial charge < -0.3 is 5.73 Å². The van der Waals surface area contributed by atoms with Crippen molar-refractivity contribution in [1.29, 1.82) is 0 Å². The first-order valence-corrected chi connectivity index (χ1v) is 5.52. The third kappa shape index (κ3) is 1.65. The predicted octanol–water partition coefficient (Wildman–Crippen LogP) is 3.09. The van der Waals surface area contributed by atoms with E-state index in [4.69, 9.17) is 5.73 Å². The molecule has 0 radical (unpaired) electrons. The van der Waals surface area contributed by atoms with Gasteiger partial charge in [-0.25, -0.2) is 0 Å². The van der Waals surface area contributed by atoms with Crippen LogP contribution in [0.1, 0.15) is 35.6 Å². The van der Waals surface area contributed by atoms with Crippen LogP contribution >= 0.6 is 15.9 Å². The molecule has 1 aliphatic rings. The van der Waals surface area contributed by atoms with Gasteiger partial charge >= 0.3 is 0 Å². The number of hydrogen-bond donors (Lipinski definition) is 1. The molecule has 0 spiro atoms. The third-order valence-corrected chi connectivity index (χ3v) is 3.23. The molecule has 1 aliphatic carbocycles. The Bertz CT molecular complexity index is 333. The predicted molar refractivity (Wildman–Crippen MR) is 58.7 cm³/mol. The van der Waals surface area contributed by atoms with E-state index in [-0.39, 0.29) is 6.04 Å². The second-order valence-electron chi connectivity index (χ2n) is 3.79. The molecule has 0 aromatic heterocycles. The maximum atomic E-state index is 6.08. The average molecular weight is 240 g/mol. The van der Waals surface area contributed by atoms with Crippen LogP contribution < -0.4 is 5.73 Å². The molecule has 1 nitrogen and oxygen atoms in total. The van der Waals surface area contributed by atoms with Gasteiger partial charge in [0.25, 0.3) is 0 Å². The molecule has 1 aromatic rings. The molecule has 2 rings (SSSR count). The highest BCUT2D eigenvalue weighted by molar-refractivity contribution is 9.10. The molecule has 2 N–H and O–H groups in total. The molecule has 0 bridgehead atoms. The summed E-state index contributed by atoms with van der Waals surface area (Å²) in [4.78, 5) is 0. The largest absolute Gasteiger partial charge is 0.324 e. The summed E-state index contributed by atoms with van der Waals surface area (Å²) >= 11 is 3.52. The van der Waals surface area contributed by atoms with E-state index in [1.807, 2.05) is 0 Å². The summed E-state index contributed by atoms with van der Waals surface area (Å²) in [5.74, 6) is 0. The summed E-state index contributed by atoms with van der Waals surface area (Å²) in [5, 5.41) is 0. The lowest BCUT2D eigenvalue weighted by molar-refractivity contribution is 0.567. The number of benzene rings is 1. The first-order valence-electron chi connectivity index (χ1n) is 4.73. The van der Waals surface area contributed by atoms with Gasteiger partial charge in [-0.15, -0.1) is 0 Å². The Morgan fingerprint density at radius 1 is 1.46 bits per heavy atom. The Morgan fingerprint density at radius 2 is 2.23 bits per heavy atom. The highest BCUT2D eigenvalue weighted by atomic mass is 79.9. The molecular weight excluding hydrogens is 226 g/mol. The summed E-state index contributed by atoms with van der Waals surface area (Å²) in [6.45, 7) is 2.15. The Morgan fingerprint density at radius 3 is 3.00 bits per heavy atom. The molecule has 0 amide bonds. The molecular formula is C11H14BrN. The average Bonchev–Trinajstić information content (AvgIpc) is 2.02. The molecule has 13 heavy (non-hydrogen) atoms. The van der Waals surface area contributed by atoms with E-state index in [1.165, 1.54) is 34.0 Å². The van der Waals surface area contributed by atoms with E-state index in [9.17, 15) is 0 Å². The van der Waals surface area contributed by atoms with Crippen molar-refractivity contribution in [2.75, 3.05) is 0 Å². The van der Waals surface area contributed by atoms with Crippen LogP contribution in [0, 0.1) is 6.92 Å². The van der Waals surface area contributed by atoms with Crippen molar-refractivity contribution in [3.05, 3.63) is 33.3 Å². The lowest BCUT2D eigenvalue weighted by Crippen LogP contribution is -2.18. The van der Waals surface area contributed by atoms with Crippen molar-refractivity contribution in [1.82, 2.24) is 0 Å². The van der Waals surface area contributed by atoms with Crippen LogP contribution in [0.4, 0.5) is 0 Å². The van der Waals surface area contributed by atoms with Gasteiger partial charge in [-0.2, -0.15) is 0 Å². The van der Waals surface area contributed by atoms with Crippen molar-refractivity contribution in [3.8, 4) is 0 Å². The highest BCUT2D eigenvalue weighted by Crippen LogP contribution is 2.32. The maximum Gasteiger partial charge on any atom is 0.0300 e. The van der Waals surface area contributed by atoms with E-state index in [1.54, 1.807) is 0 Å². The van der Waals surface area contributed by atoms with Gasteiger partial charge in [-0.05, 0) is 55.0 Å². The van der Waals surface area contributed by atoms with Crippen molar-refractivity contribution < 1.29 is 0 Å². The van der Waals surface area contributed by atoms with Crippen LogP contribution in [0.15, 0.2) is 16.6 Å². The Labute approximate surface area is 87.5 Å². The standard InChI is InChI=1S/C11H14BrN/c1-7-5-9(12)6-8-3-2-4-10(13)11(7)8/h5-6,10H,2-4,13H2,1H3/t10-/m0/s1. The number of nitrogens with two attached hydrogens (primary N) is 1. The zero-order chi connectivity index (χ0) is 9.42. The molecule has 0 saturated carbocycles. The van der Waals surface area contributed by atoms with Gasteiger partial charge in [0.2, 0.25) is 0 Å². The number of fused-ring (bicyclic) bond motifs is 1. The molecule has 0 heterocycles. The second-order valence-corrected chi connectivity index (χ2v) is 4.71. The number of hydrogen-bond acceptors (Lipinski definition) is 1. The Hall–Kier alpha value is -0.340. The van der Waals surface area contributed by atoms with E-state index in [2.05, 4.69) is 35.0 Å². The van der Waals surface area contributed by atoms with Crippen LogP contribution in [-0.4, -0.2) is 0 Å². The van der Waals surface area contributed by atoms with Crippen molar-refractivity contribution >= 4 is 15.9 Å². The van der Waals surface area contributed by atoms with Gasteiger partial charge in [0, 0.05) is 10.5 Å². The molecule has 1 aromatic carbocycles. The zero-order valence-electron chi connectivity index (χ0n) is 7.81. The lowest BCUT2D eigenvalue weighted by Gasteiger charge is -2.24. The zero-order valence-corrected chi connectivity index (χ0v) is 9.39. The third-order valence-electron chi connectivity index (χ3n) is 2.77. The molecule has 70 valence electrons. The van der Waals surface area contributed by atoms with Gasteiger partial charge in [0.15, 0.2) is 0 Å². The lowest BCUT2D eigenvalue weighted by atomic mass is 9.85. The molecule has 0 aliphatic heterocycles. The van der Waals surface area contributed by atoms with Crippen LogP contribution in [0.5, 0.6) is 0 Å². The van der Waals surface area contributed by atoms with E-state index >= 15 is 0 Å². The number of aryl methyl sites for hydroxylation is 2. The fraction of sp³-hybridized carbons (Fsp3) is 0.455. The molecule has 0 saturated heterocycles. The molecule has 1 atom stereocenters. The molecule has 2 heteroatoms. The Kier molecular flexibility index (Phi) is 2.43. The van der Waals surface area contributed by atoms with Crippen LogP contribution in [-0.2, 0) is 6.42 Å². The van der Waals surface area contributed by atoms with Crippen LogP contribution in [0.2, 0.25) is 0 Å². The normalized spacial score (nSPS) is 21.3. The monoisotopic (exact) mass is 239 g/mol. The van der Waals surface area contributed by atoms with Crippen LogP contribution in [0.3, 0.4) is 0 Å². The minimum Gasteiger partial charge on any atom is -0.324 e. The van der Waals surface area contributed by atoms with Crippen molar-refractivity contribution in [3.63, 3.8) is 0 Å². The van der Waals surface area contributed by atoms with Gasteiger partial charge in [-0.3, -0.25) is 0 Å². The fourth-order valence-electron chi connectivity index (χ4n) is 2.22. The second kappa shape index (κ2) is 3.43. The first kappa shape index (κ1) is 9.22. The quantitative estimate of drug-likeness (QED) is 0.740. The summed E-state index contributed by atoms with van der Waals surface area (Å²) in [5.41, 5.74) is 10.2. The van der Waals surface area contributed by atoms with E-state index in [0.29, 0.717) is 0 Å². The summed E-state index contributed by atoms with van der Waals surface area (Å²) in [7, 11) is 0. The van der Waals surface area contributed by atoms with E-state index < -0.39 is 0 Å². The molecule has 0 fully saturated rings. The Balaban J connectivity index is 2.56. The minimum atomic E-state index is 0.261. The molecule has 0 unspecified atom stereocenters. The van der Waals surface area contributed by atoms with Gasteiger partial charge in [0.1, 0.15) is 0 Å². The smallest absolute Gasteiger partial charge is 0.0300 e. The topological polar surface area (TPSA) is 26.0 Å². The fourth-order valence-corrected chi connectivity index (χ4v) is 2.84. The number of rotatable bonds is 0. The van der Waals surface area contributed by atoms with Gasteiger partial charge in [-0.1, -0.05) is 15.9 Å². The summed E-state index contributed by atoms with van der Waals surface area (Å²) in [6.07, 6.45) is 3.54. The van der Waals surface area contributed by atoms with Crippen molar-refractivity contribution in [2.24, 2.45) is 5.73 Å². The minimum absolute atomic E-state index is 0.261. The summed E-state index contributed by atoms with van der Waals surface area (Å²) in [6, 6.07) is 4.63. The van der Waals surface area contributed by atoms with Crippen molar-refractivity contribution in [2.45, 2.75) is 32.2 Å². The maximum absolute atomic E-state index is 6.08. The summed E-state index contributed by atoms with van der Waals surface area (Å²) < 4.78 is 1.18. The SMILES string of the molecule is Cc1cc(Br)cc2c1[C@@H](N)CCC2. The number of halogens is 1.